The Morgan fingerprint density at radius 3 is 2.35 bits per heavy atom. The zero-order valence-corrected chi connectivity index (χ0v) is 13.9. The number of carbonyl (C=O) groups is 1. The number of hydrogen-bond acceptors (Lipinski definition) is 3. The van der Waals surface area contributed by atoms with E-state index in [1.54, 1.807) is 48.5 Å². The van der Waals surface area contributed by atoms with Crippen molar-refractivity contribution in [2.24, 2.45) is 22.2 Å². The highest BCUT2D eigenvalue weighted by molar-refractivity contribution is 6.14. The Bertz CT molecular complexity index is 1040. The van der Waals surface area contributed by atoms with Crippen LogP contribution in [0.1, 0.15) is 15.9 Å². The van der Waals surface area contributed by atoms with E-state index in [1.807, 2.05) is 12.1 Å². The van der Waals surface area contributed by atoms with Crippen molar-refractivity contribution >= 4 is 39.8 Å². The lowest BCUT2D eigenvalue weighted by Gasteiger charge is -2.11. The maximum atomic E-state index is 12.6. The summed E-state index contributed by atoms with van der Waals surface area (Å²) in [5.41, 5.74) is 18.6. The van der Waals surface area contributed by atoms with Gasteiger partial charge < -0.3 is 22.5 Å². The molecule has 0 spiro atoms. The summed E-state index contributed by atoms with van der Waals surface area (Å²) in [4.78, 5) is 16.6. The predicted molar refractivity (Wildman–Crippen MR) is 105 cm³/mol. The summed E-state index contributed by atoms with van der Waals surface area (Å²) in [5, 5.41) is 12.2. The number of amides is 1. The molecule has 0 atom stereocenters. The summed E-state index contributed by atoms with van der Waals surface area (Å²) >= 11 is 0. The Hall–Kier alpha value is -3.87. The first-order chi connectivity index (χ1) is 12.5. The quantitative estimate of drug-likeness (QED) is 0.364. The number of aliphatic imine (C=N–C) groups is 1. The van der Waals surface area contributed by atoms with Crippen molar-refractivity contribution in [1.29, 1.82) is 5.41 Å². The second-order valence-corrected chi connectivity index (χ2v) is 5.66. The van der Waals surface area contributed by atoms with E-state index in [0.29, 0.717) is 22.5 Å². The van der Waals surface area contributed by atoms with Gasteiger partial charge in [0.05, 0.1) is 5.69 Å². The van der Waals surface area contributed by atoms with E-state index in [9.17, 15) is 4.79 Å². The van der Waals surface area contributed by atoms with E-state index in [2.05, 4.69) is 10.3 Å². The van der Waals surface area contributed by atoms with Gasteiger partial charge in [-0.15, -0.1) is 0 Å². The standard InChI is InChI=1S/C19H18N6O/c20-17(21)15-8-2-7-14-13(15)6-3-9-16(14)25-18(26)11-4-1-5-12(10-11)24-19(22)23/h1-10H,(H3,20,21)(H,25,26)(H4,22,23,24). The molecule has 3 aromatic rings. The number of nitrogens with two attached hydrogens (primary N) is 3. The molecule has 26 heavy (non-hydrogen) atoms. The van der Waals surface area contributed by atoms with Gasteiger partial charge in [-0.2, -0.15) is 0 Å². The normalized spacial score (nSPS) is 10.3. The number of anilines is 1. The van der Waals surface area contributed by atoms with Crippen LogP contribution in [-0.2, 0) is 0 Å². The third kappa shape index (κ3) is 3.46. The van der Waals surface area contributed by atoms with Gasteiger partial charge in [0.15, 0.2) is 5.96 Å². The predicted octanol–water partition coefficient (Wildman–Crippen LogP) is 2.28. The molecule has 0 unspecified atom stereocenters. The molecule has 7 heteroatoms. The van der Waals surface area contributed by atoms with E-state index in [-0.39, 0.29) is 17.7 Å². The summed E-state index contributed by atoms with van der Waals surface area (Å²) in [7, 11) is 0. The fourth-order valence-corrected chi connectivity index (χ4v) is 2.71. The lowest BCUT2D eigenvalue weighted by Crippen LogP contribution is -2.22. The Labute approximate surface area is 150 Å². The molecule has 8 N–H and O–H groups in total. The van der Waals surface area contributed by atoms with Crippen LogP contribution in [0.5, 0.6) is 0 Å². The van der Waals surface area contributed by atoms with Gasteiger partial charge >= 0.3 is 0 Å². The molecule has 3 rings (SSSR count). The second kappa shape index (κ2) is 6.94. The summed E-state index contributed by atoms with van der Waals surface area (Å²) in [5.74, 6) is -0.393. The molecule has 7 nitrogen and oxygen atoms in total. The molecule has 1 amide bonds. The van der Waals surface area contributed by atoms with Crippen molar-refractivity contribution in [1.82, 2.24) is 0 Å². The molecule has 130 valence electrons. The highest BCUT2D eigenvalue weighted by Crippen LogP contribution is 2.26. The third-order valence-electron chi connectivity index (χ3n) is 3.83. The molecule has 0 aromatic heterocycles. The molecule has 0 aliphatic carbocycles. The maximum Gasteiger partial charge on any atom is 0.255 e. The first-order valence-corrected chi connectivity index (χ1v) is 7.83. The number of nitrogens with zero attached hydrogens (tertiary/aromatic N) is 1. The average Bonchev–Trinajstić information content (AvgIpc) is 2.61. The van der Waals surface area contributed by atoms with Gasteiger partial charge in [0.1, 0.15) is 5.84 Å². The van der Waals surface area contributed by atoms with Gasteiger partial charge in [-0.3, -0.25) is 10.2 Å². The fourth-order valence-electron chi connectivity index (χ4n) is 2.71. The number of carbonyl (C=O) groups excluding carboxylic acids is 1. The molecule has 0 radical (unpaired) electrons. The molecular weight excluding hydrogens is 328 g/mol. The minimum Gasteiger partial charge on any atom is -0.384 e. The molecule has 0 fully saturated rings. The van der Waals surface area contributed by atoms with Crippen LogP contribution in [0.2, 0.25) is 0 Å². The molecule has 0 saturated heterocycles. The van der Waals surface area contributed by atoms with Gasteiger partial charge in [-0.1, -0.05) is 36.4 Å². The van der Waals surface area contributed by atoms with E-state index >= 15 is 0 Å². The monoisotopic (exact) mass is 346 g/mol. The van der Waals surface area contributed by atoms with E-state index in [1.165, 1.54) is 0 Å². The second-order valence-electron chi connectivity index (χ2n) is 5.66. The fraction of sp³-hybridized carbons (Fsp3) is 0. The average molecular weight is 346 g/mol. The van der Waals surface area contributed by atoms with E-state index in [0.717, 1.165) is 10.8 Å². The number of nitrogens with one attached hydrogen (secondary N) is 2. The lowest BCUT2D eigenvalue weighted by molar-refractivity contribution is 0.102. The number of guanidine groups is 1. The van der Waals surface area contributed by atoms with Crippen molar-refractivity contribution in [3.8, 4) is 0 Å². The highest BCUT2D eigenvalue weighted by Gasteiger charge is 2.11. The first-order valence-electron chi connectivity index (χ1n) is 7.83. The van der Waals surface area contributed by atoms with Gasteiger partial charge in [-0.25, -0.2) is 4.99 Å². The molecule has 0 heterocycles. The number of hydrogen-bond donors (Lipinski definition) is 5. The summed E-state index contributed by atoms with van der Waals surface area (Å²) in [6.07, 6.45) is 0. The van der Waals surface area contributed by atoms with Crippen LogP contribution >= 0.6 is 0 Å². The van der Waals surface area contributed by atoms with Crippen LogP contribution in [0.25, 0.3) is 10.8 Å². The highest BCUT2D eigenvalue weighted by atomic mass is 16.1. The molecule has 0 saturated carbocycles. The van der Waals surface area contributed by atoms with Crippen LogP contribution < -0.4 is 22.5 Å². The third-order valence-corrected chi connectivity index (χ3v) is 3.83. The van der Waals surface area contributed by atoms with Gasteiger partial charge in [-0.05, 0) is 29.7 Å². The smallest absolute Gasteiger partial charge is 0.255 e. The van der Waals surface area contributed by atoms with Crippen LogP contribution in [0.3, 0.4) is 0 Å². The molecule has 0 bridgehead atoms. The Morgan fingerprint density at radius 1 is 0.923 bits per heavy atom. The molecule has 0 aliphatic heterocycles. The number of rotatable bonds is 4. The largest absolute Gasteiger partial charge is 0.384 e. The lowest BCUT2D eigenvalue weighted by atomic mass is 10.0. The molecule has 0 aliphatic rings. The number of benzene rings is 3. The van der Waals surface area contributed by atoms with E-state index in [4.69, 9.17) is 22.6 Å². The summed E-state index contributed by atoms with van der Waals surface area (Å²) in [6.45, 7) is 0. The minimum atomic E-state index is -0.293. The van der Waals surface area contributed by atoms with Gasteiger partial charge in [0.2, 0.25) is 0 Å². The summed E-state index contributed by atoms with van der Waals surface area (Å²) < 4.78 is 0. The zero-order valence-electron chi connectivity index (χ0n) is 13.9. The SMILES string of the molecule is N=C(N)c1cccc2c(NC(=O)c3cccc(N=C(N)N)c3)cccc12. The Morgan fingerprint density at radius 2 is 1.62 bits per heavy atom. The van der Waals surface area contributed by atoms with Crippen molar-refractivity contribution < 1.29 is 4.79 Å². The Kier molecular flexibility index (Phi) is 4.53. The van der Waals surface area contributed by atoms with Gasteiger partial charge in [0, 0.05) is 22.2 Å². The van der Waals surface area contributed by atoms with Crippen molar-refractivity contribution in [2.45, 2.75) is 0 Å². The van der Waals surface area contributed by atoms with Crippen LogP contribution in [0.15, 0.2) is 65.7 Å². The molecule has 3 aromatic carbocycles. The molecular formula is C19H18N6O. The van der Waals surface area contributed by atoms with Crippen LogP contribution in [-0.4, -0.2) is 17.7 Å². The zero-order chi connectivity index (χ0) is 18.7. The Balaban J connectivity index is 1.97. The number of fused-ring (bicyclic) bond motifs is 1. The topological polar surface area (TPSA) is 143 Å². The minimum absolute atomic E-state index is 0.0241. The summed E-state index contributed by atoms with van der Waals surface area (Å²) in [6, 6.07) is 17.6. The maximum absolute atomic E-state index is 12.6. The number of amidine groups is 1. The number of nitrogen functional groups attached to an aromatic ring is 1. The van der Waals surface area contributed by atoms with Crippen LogP contribution in [0.4, 0.5) is 11.4 Å². The first kappa shape index (κ1) is 17.0. The van der Waals surface area contributed by atoms with E-state index < -0.39 is 0 Å². The van der Waals surface area contributed by atoms with Crippen molar-refractivity contribution in [3.05, 3.63) is 71.8 Å². The van der Waals surface area contributed by atoms with Crippen LogP contribution in [0, 0.1) is 5.41 Å². The van der Waals surface area contributed by atoms with Gasteiger partial charge in [0.25, 0.3) is 5.91 Å². The van der Waals surface area contributed by atoms with Crippen molar-refractivity contribution in [2.75, 3.05) is 5.32 Å². The van der Waals surface area contributed by atoms with Crippen molar-refractivity contribution in [3.63, 3.8) is 0 Å².